The van der Waals surface area contributed by atoms with Crippen molar-refractivity contribution in [2.45, 2.75) is 19.6 Å². The number of carbonyl (C=O) groups excluding carboxylic acids is 3. The molecule has 4 rings (SSSR count). The lowest BCUT2D eigenvalue weighted by atomic mass is 10.1. The van der Waals surface area contributed by atoms with Gasteiger partial charge in [-0.05, 0) is 48.4 Å². The Bertz CT molecular complexity index is 1060. The molecule has 158 valence electrons. The number of amides is 3. The minimum absolute atomic E-state index is 0.119. The Balaban J connectivity index is 1.27. The molecule has 0 spiro atoms. The fraction of sp³-hybridized carbons (Fsp3) is 0.208. The summed E-state index contributed by atoms with van der Waals surface area (Å²) in [4.78, 5) is 38.7. The Kier molecular flexibility index (Phi) is 6.24. The highest BCUT2D eigenvalue weighted by molar-refractivity contribution is 6.21. The number of carbonyl (C=O) groups is 3. The fourth-order valence-corrected chi connectivity index (χ4v) is 3.42. The van der Waals surface area contributed by atoms with Gasteiger partial charge < -0.3 is 14.5 Å². The molecule has 7 nitrogen and oxygen atoms in total. The van der Waals surface area contributed by atoms with Crippen LogP contribution in [0, 0.1) is 0 Å². The van der Waals surface area contributed by atoms with Gasteiger partial charge in [0, 0.05) is 18.7 Å². The van der Waals surface area contributed by atoms with Crippen LogP contribution in [-0.2, 0) is 17.9 Å². The maximum atomic E-state index is 12.5. The van der Waals surface area contributed by atoms with Crippen LogP contribution in [0.25, 0.3) is 0 Å². The van der Waals surface area contributed by atoms with Crippen molar-refractivity contribution in [2.24, 2.45) is 0 Å². The Hall–Kier alpha value is -3.71. The number of benzene rings is 2. The molecule has 3 amide bonds. The van der Waals surface area contributed by atoms with Crippen LogP contribution in [0.3, 0.4) is 0 Å². The SMILES string of the molecule is O=C(NCCCOCc1ccco1)c1cccc(CN2C(=O)c3ccccc3C2=O)c1. The zero-order chi connectivity index (χ0) is 21.6. The standard InChI is InChI=1S/C24H22N2O5/c27-22(25-11-5-12-30-16-19-8-4-13-31-19)18-7-3-6-17(14-18)15-26-23(28)20-9-1-2-10-21(20)24(26)29/h1-4,6-10,13-14H,5,11-12,15-16H2,(H,25,27). The van der Waals surface area contributed by atoms with Crippen LogP contribution in [0.5, 0.6) is 0 Å². The van der Waals surface area contributed by atoms with E-state index in [4.69, 9.17) is 9.15 Å². The van der Waals surface area contributed by atoms with E-state index in [9.17, 15) is 14.4 Å². The lowest BCUT2D eigenvalue weighted by Gasteiger charge is -2.14. The molecule has 2 heterocycles. The van der Waals surface area contributed by atoms with Crippen molar-refractivity contribution in [3.05, 3.63) is 94.9 Å². The van der Waals surface area contributed by atoms with E-state index < -0.39 is 0 Å². The minimum atomic E-state index is -0.315. The lowest BCUT2D eigenvalue weighted by molar-refractivity contribution is 0.0642. The average Bonchev–Trinajstić information content (AvgIpc) is 3.39. The summed E-state index contributed by atoms with van der Waals surface area (Å²) in [5.74, 6) is -0.0795. The van der Waals surface area contributed by atoms with Crippen molar-refractivity contribution >= 4 is 17.7 Å². The van der Waals surface area contributed by atoms with Crippen LogP contribution in [-0.4, -0.2) is 35.8 Å². The van der Waals surface area contributed by atoms with E-state index in [1.54, 1.807) is 60.9 Å². The van der Waals surface area contributed by atoms with Crippen LogP contribution < -0.4 is 5.32 Å². The molecule has 1 aromatic heterocycles. The number of ether oxygens (including phenoxy) is 1. The molecule has 7 heteroatoms. The third kappa shape index (κ3) is 4.73. The Labute approximate surface area is 179 Å². The summed E-state index contributed by atoms with van der Waals surface area (Å²) in [5.41, 5.74) is 2.01. The van der Waals surface area contributed by atoms with Crippen LogP contribution in [0.2, 0.25) is 0 Å². The average molecular weight is 418 g/mol. The maximum absolute atomic E-state index is 12.5. The van der Waals surface area contributed by atoms with E-state index in [2.05, 4.69) is 5.32 Å². The van der Waals surface area contributed by atoms with Crippen molar-refractivity contribution in [3.63, 3.8) is 0 Å². The van der Waals surface area contributed by atoms with Crippen LogP contribution >= 0.6 is 0 Å². The Morgan fingerprint density at radius 3 is 2.45 bits per heavy atom. The summed E-state index contributed by atoms with van der Waals surface area (Å²) in [5, 5.41) is 2.86. The number of nitrogens with one attached hydrogen (secondary N) is 1. The summed E-state index contributed by atoms with van der Waals surface area (Å²) in [6, 6.07) is 17.4. The highest BCUT2D eigenvalue weighted by Gasteiger charge is 2.34. The second-order valence-corrected chi connectivity index (χ2v) is 7.18. The number of fused-ring (bicyclic) bond motifs is 1. The highest BCUT2D eigenvalue weighted by atomic mass is 16.5. The minimum Gasteiger partial charge on any atom is -0.467 e. The summed E-state index contributed by atoms with van der Waals surface area (Å²) < 4.78 is 10.7. The number of hydrogen-bond acceptors (Lipinski definition) is 5. The van der Waals surface area contributed by atoms with E-state index in [-0.39, 0.29) is 24.3 Å². The fourth-order valence-electron chi connectivity index (χ4n) is 3.42. The van der Waals surface area contributed by atoms with Gasteiger partial charge in [0.2, 0.25) is 0 Å². The van der Waals surface area contributed by atoms with Gasteiger partial charge in [-0.25, -0.2) is 0 Å². The monoisotopic (exact) mass is 418 g/mol. The third-order valence-electron chi connectivity index (χ3n) is 4.98. The van der Waals surface area contributed by atoms with Gasteiger partial charge in [-0.15, -0.1) is 0 Å². The molecule has 0 bridgehead atoms. The number of rotatable bonds is 9. The van der Waals surface area contributed by atoms with Crippen LogP contribution in [0.1, 0.15) is 48.8 Å². The van der Waals surface area contributed by atoms with Gasteiger partial charge in [0.1, 0.15) is 12.4 Å². The first-order chi connectivity index (χ1) is 15.1. The summed E-state index contributed by atoms with van der Waals surface area (Å²) >= 11 is 0. The predicted molar refractivity (Wildman–Crippen MR) is 112 cm³/mol. The normalized spacial score (nSPS) is 12.8. The van der Waals surface area contributed by atoms with E-state index in [1.165, 1.54) is 4.90 Å². The summed E-state index contributed by atoms with van der Waals surface area (Å²) in [6.07, 6.45) is 2.27. The van der Waals surface area contributed by atoms with E-state index >= 15 is 0 Å². The number of nitrogens with zero attached hydrogens (tertiary/aromatic N) is 1. The molecule has 1 aliphatic heterocycles. The zero-order valence-electron chi connectivity index (χ0n) is 16.9. The quantitative estimate of drug-likeness (QED) is 0.425. The van der Waals surface area contributed by atoms with Crippen molar-refractivity contribution in [3.8, 4) is 0 Å². The number of imide groups is 1. The third-order valence-corrected chi connectivity index (χ3v) is 4.98. The molecule has 1 aliphatic rings. The Morgan fingerprint density at radius 1 is 0.968 bits per heavy atom. The van der Waals surface area contributed by atoms with Gasteiger partial charge in [-0.3, -0.25) is 19.3 Å². The maximum Gasteiger partial charge on any atom is 0.261 e. The van der Waals surface area contributed by atoms with E-state index in [1.807, 2.05) is 6.07 Å². The molecule has 31 heavy (non-hydrogen) atoms. The first-order valence-corrected chi connectivity index (χ1v) is 10.1. The molecule has 3 aromatic rings. The van der Waals surface area contributed by atoms with E-state index in [0.29, 0.717) is 48.4 Å². The van der Waals surface area contributed by atoms with Crippen LogP contribution in [0.15, 0.2) is 71.3 Å². The molecule has 0 aliphatic carbocycles. The number of furan rings is 1. The molecule has 0 atom stereocenters. The molecule has 0 fully saturated rings. The molecule has 1 N–H and O–H groups in total. The Morgan fingerprint density at radius 2 is 1.74 bits per heavy atom. The van der Waals surface area contributed by atoms with Gasteiger partial charge in [0.25, 0.3) is 17.7 Å². The van der Waals surface area contributed by atoms with Crippen molar-refractivity contribution in [1.29, 1.82) is 0 Å². The van der Waals surface area contributed by atoms with Gasteiger partial charge in [0.15, 0.2) is 0 Å². The molecular weight excluding hydrogens is 396 g/mol. The highest BCUT2D eigenvalue weighted by Crippen LogP contribution is 2.24. The molecule has 0 saturated carbocycles. The first kappa shape index (κ1) is 20.6. The van der Waals surface area contributed by atoms with E-state index in [0.717, 1.165) is 5.76 Å². The molecule has 2 aromatic carbocycles. The molecular formula is C24H22N2O5. The molecule has 0 radical (unpaired) electrons. The lowest BCUT2D eigenvalue weighted by Crippen LogP contribution is -2.29. The van der Waals surface area contributed by atoms with Crippen molar-refractivity contribution in [1.82, 2.24) is 10.2 Å². The molecule has 0 unspecified atom stereocenters. The van der Waals surface area contributed by atoms with Gasteiger partial charge in [0.05, 0.1) is 23.9 Å². The predicted octanol–water partition coefficient (Wildman–Crippen LogP) is 3.41. The molecule has 0 saturated heterocycles. The first-order valence-electron chi connectivity index (χ1n) is 10.1. The van der Waals surface area contributed by atoms with Gasteiger partial charge in [-0.2, -0.15) is 0 Å². The number of hydrogen-bond donors (Lipinski definition) is 1. The summed E-state index contributed by atoms with van der Waals surface area (Å²) in [7, 11) is 0. The van der Waals surface area contributed by atoms with Gasteiger partial charge >= 0.3 is 0 Å². The van der Waals surface area contributed by atoms with Crippen molar-refractivity contribution < 1.29 is 23.5 Å². The second-order valence-electron chi connectivity index (χ2n) is 7.18. The van der Waals surface area contributed by atoms with Gasteiger partial charge in [-0.1, -0.05) is 24.3 Å². The smallest absolute Gasteiger partial charge is 0.261 e. The summed E-state index contributed by atoms with van der Waals surface area (Å²) in [6.45, 7) is 1.50. The zero-order valence-corrected chi connectivity index (χ0v) is 16.9. The largest absolute Gasteiger partial charge is 0.467 e. The van der Waals surface area contributed by atoms with Crippen molar-refractivity contribution in [2.75, 3.05) is 13.2 Å². The van der Waals surface area contributed by atoms with Crippen LogP contribution in [0.4, 0.5) is 0 Å². The topological polar surface area (TPSA) is 88.8 Å². The second kappa shape index (κ2) is 9.40.